The lowest BCUT2D eigenvalue weighted by atomic mass is 10.1. The van der Waals surface area contributed by atoms with Crippen LogP contribution < -0.4 is 0 Å². The molecule has 0 aliphatic carbocycles. The molecule has 0 aromatic heterocycles. The Morgan fingerprint density at radius 2 is 0.947 bits per heavy atom. The van der Waals surface area contributed by atoms with Crippen molar-refractivity contribution in [1.82, 2.24) is 0 Å². The largest absolute Gasteiger partial charge is 0.244 e. The Hall–Kier alpha value is 0.532. The average Bonchev–Trinajstić information content (AvgIpc) is 2.38. The molecule has 0 nitrogen and oxygen atoms in total. The van der Waals surface area contributed by atoms with Crippen molar-refractivity contribution in [2.45, 2.75) is 114 Å². The predicted molar refractivity (Wildman–Crippen MR) is 92.7 cm³/mol. The fourth-order valence-electron chi connectivity index (χ4n) is 3.12. The van der Waals surface area contributed by atoms with Crippen LogP contribution in [0.5, 0.6) is 0 Å². The molecule has 0 saturated heterocycles. The van der Waals surface area contributed by atoms with Crippen LogP contribution in [0.4, 0.5) is 0 Å². The maximum Gasteiger partial charge on any atom is 0.244 e. The molecule has 0 amide bonds. The molecule has 0 fully saturated rings. The number of rotatable bonds is 14. The smallest absolute Gasteiger partial charge is 0.0884 e. The van der Waals surface area contributed by atoms with Gasteiger partial charge in [0.25, 0.3) is 0 Å². The number of hydrogen-bond acceptors (Lipinski definition) is 0. The lowest BCUT2D eigenvalue weighted by Crippen LogP contribution is -2.06. The molecular formula is C18H39Al. The van der Waals surface area contributed by atoms with E-state index in [9.17, 15) is 0 Å². The minimum atomic E-state index is 0.181. The summed E-state index contributed by atoms with van der Waals surface area (Å²) in [6.07, 6.45) is 17.6. The van der Waals surface area contributed by atoms with E-state index in [1.165, 1.54) is 77.0 Å². The van der Waals surface area contributed by atoms with Gasteiger partial charge in [0.1, 0.15) is 0 Å². The van der Waals surface area contributed by atoms with E-state index in [4.69, 9.17) is 0 Å². The van der Waals surface area contributed by atoms with Crippen molar-refractivity contribution in [3.05, 3.63) is 0 Å². The van der Waals surface area contributed by atoms with E-state index >= 15 is 0 Å². The second-order valence-corrected chi connectivity index (χ2v) is 10.1. The SMILES string of the molecule is CCCCCCC[CH](C)[AlH][CH](C)CCCCCCC. The fraction of sp³-hybridized carbons (Fsp3) is 1.00. The van der Waals surface area contributed by atoms with Crippen LogP contribution in [0.2, 0.25) is 9.56 Å². The van der Waals surface area contributed by atoms with E-state index in [1.807, 2.05) is 0 Å². The lowest BCUT2D eigenvalue weighted by molar-refractivity contribution is 0.585. The molecule has 0 aromatic carbocycles. The molecule has 0 heterocycles. The third-order valence-corrected chi connectivity index (χ3v) is 6.83. The van der Waals surface area contributed by atoms with E-state index in [-0.39, 0.29) is 15.2 Å². The zero-order valence-electron chi connectivity index (χ0n) is 14.3. The van der Waals surface area contributed by atoms with Gasteiger partial charge < -0.3 is 0 Å². The predicted octanol–water partition coefficient (Wildman–Crippen LogP) is 6.76. The third kappa shape index (κ3) is 14.7. The van der Waals surface area contributed by atoms with Crippen molar-refractivity contribution in [3.8, 4) is 0 Å². The summed E-state index contributed by atoms with van der Waals surface area (Å²) in [7, 11) is 0. The standard InChI is InChI=1S/2C9H19.Al.H/c2*1-3-5-7-9-8-6-4-2;;/h2*3H,4-9H2,1-2H3;;. The highest BCUT2D eigenvalue weighted by molar-refractivity contribution is 6.39. The first kappa shape index (κ1) is 19.5. The summed E-state index contributed by atoms with van der Waals surface area (Å²) < 4.78 is 2.18. The molecular weight excluding hydrogens is 243 g/mol. The molecule has 0 spiro atoms. The first-order valence-corrected chi connectivity index (χ1v) is 10.8. The van der Waals surface area contributed by atoms with Crippen molar-refractivity contribution in [3.63, 3.8) is 0 Å². The Labute approximate surface area is 129 Å². The minimum absolute atomic E-state index is 0.181. The molecule has 0 N–H and O–H groups in total. The summed E-state index contributed by atoms with van der Waals surface area (Å²) in [6, 6.07) is 0. The van der Waals surface area contributed by atoms with Crippen molar-refractivity contribution < 1.29 is 0 Å². The van der Waals surface area contributed by atoms with Crippen LogP contribution in [0.1, 0.15) is 105 Å². The topological polar surface area (TPSA) is 0 Å². The molecule has 0 aliphatic rings. The summed E-state index contributed by atoms with van der Waals surface area (Å²) in [4.78, 5) is 0. The monoisotopic (exact) mass is 282 g/mol. The van der Waals surface area contributed by atoms with Gasteiger partial charge in [-0.15, -0.1) is 0 Å². The van der Waals surface area contributed by atoms with Gasteiger partial charge in [0.2, 0.25) is 15.2 Å². The maximum absolute atomic E-state index is 2.53. The zero-order valence-corrected chi connectivity index (χ0v) is 15.8. The van der Waals surface area contributed by atoms with E-state index in [1.54, 1.807) is 0 Å². The highest BCUT2D eigenvalue weighted by Crippen LogP contribution is 2.23. The summed E-state index contributed by atoms with van der Waals surface area (Å²) in [5, 5.41) is 0. The molecule has 19 heavy (non-hydrogen) atoms. The highest BCUT2D eigenvalue weighted by Gasteiger charge is 2.12. The van der Waals surface area contributed by atoms with Crippen LogP contribution in [-0.4, -0.2) is 15.2 Å². The molecule has 0 aromatic rings. The van der Waals surface area contributed by atoms with Crippen molar-refractivity contribution in [2.75, 3.05) is 0 Å². The minimum Gasteiger partial charge on any atom is -0.0884 e. The first-order valence-electron chi connectivity index (χ1n) is 9.20. The molecule has 0 bridgehead atoms. The molecule has 2 unspecified atom stereocenters. The van der Waals surface area contributed by atoms with Gasteiger partial charge in [-0.05, 0) is 0 Å². The molecule has 0 saturated carbocycles. The Bertz CT molecular complexity index is 149. The van der Waals surface area contributed by atoms with E-state index in [2.05, 4.69) is 27.7 Å². The first-order chi connectivity index (χ1) is 9.20. The molecule has 1 heteroatoms. The summed E-state index contributed by atoms with van der Waals surface area (Å²) >= 11 is 0.181. The van der Waals surface area contributed by atoms with Crippen molar-refractivity contribution >= 4 is 15.2 Å². The van der Waals surface area contributed by atoms with Crippen LogP contribution in [0.15, 0.2) is 0 Å². The second kappa shape index (κ2) is 14.9. The molecule has 0 radical (unpaired) electrons. The second-order valence-electron chi connectivity index (χ2n) is 6.85. The van der Waals surface area contributed by atoms with Crippen LogP contribution in [-0.2, 0) is 0 Å². The van der Waals surface area contributed by atoms with Crippen LogP contribution in [0, 0.1) is 0 Å². The molecule has 2 atom stereocenters. The van der Waals surface area contributed by atoms with Gasteiger partial charge in [0.15, 0.2) is 0 Å². The summed E-state index contributed by atoms with van der Waals surface area (Å²) in [5.74, 6) is 0. The third-order valence-electron chi connectivity index (χ3n) is 4.41. The Morgan fingerprint density at radius 3 is 1.32 bits per heavy atom. The summed E-state index contributed by atoms with van der Waals surface area (Å²) in [5.41, 5.74) is 0. The lowest BCUT2D eigenvalue weighted by Gasteiger charge is -2.15. The van der Waals surface area contributed by atoms with E-state index in [0.717, 1.165) is 9.56 Å². The van der Waals surface area contributed by atoms with Gasteiger partial charge in [-0.2, -0.15) is 0 Å². The Balaban J connectivity index is 3.34. The Kier molecular flexibility index (Phi) is 15.4. The van der Waals surface area contributed by atoms with Gasteiger partial charge in [-0.1, -0.05) is 114 Å². The van der Waals surface area contributed by atoms with Crippen LogP contribution in [0.25, 0.3) is 0 Å². The molecule has 114 valence electrons. The molecule has 0 rings (SSSR count). The van der Waals surface area contributed by atoms with Gasteiger partial charge in [-0.3, -0.25) is 0 Å². The number of unbranched alkanes of at least 4 members (excludes halogenated alkanes) is 8. The van der Waals surface area contributed by atoms with E-state index < -0.39 is 0 Å². The fourth-order valence-corrected chi connectivity index (χ4v) is 5.54. The molecule has 0 aliphatic heterocycles. The van der Waals surface area contributed by atoms with Crippen LogP contribution in [0.3, 0.4) is 0 Å². The average molecular weight is 282 g/mol. The van der Waals surface area contributed by atoms with Crippen molar-refractivity contribution in [1.29, 1.82) is 0 Å². The van der Waals surface area contributed by atoms with Gasteiger partial charge in [0, 0.05) is 0 Å². The van der Waals surface area contributed by atoms with Gasteiger partial charge >= 0.3 is 0 Å². The van der Waals surface area contributed by atoms with E-state index in [0.29, 0.717) is 0 Å². The number of hydrogen-bond donors (Lipinski definition) is 0. The van der Waals surface area contributed by atoms with Gasteiger partial charge in [-0.25, -0.2) is 0 Å². The Morgan fingerprint density at radius 1 is 0.579 bits per heavy atom. The highest BCUT2D eigenvalue weighted by atomic mass is 27.1. The normalized spacial score (nSPS) is 14.3. The maximum atomic E-state index is 2.53. The zero-order chi connectivity index (χ0) is 14.3. The quantitative estimate of drug-likeness (QED) is 0.244. The summed E-state index contributed by atoms with van der Waals surface area (Å²) in [6.45, 7) is 9.66. The van der Waals surface area contributed by atoms with Crippen LogP contribution >= 0.6 is 0 Å². The van der Waals surface area contributed by atoms with Crippen molar-refractivity contribution in [2.24, 2.45) is 0 Å². The van der Waals surface area contributed by atoms with Gasteiger partial charge in [0.05, 0.1) is 0 Å².